The van der Waals surface area contributed by atoms with Crippen molar-refractivity contribution in [3.63, 3.8) is 0 Å². The monoisotopic (exact) mass is 142 g/mol. The lowest BCUT2D eigenvalue weighted by Gasteiger charge is -2.07. The fourth-order valence-electron chi connectivity index (χ4n) is 0.839. The lowest BCUT2D eigenvalue weighted by molar-refractivity contribution is -0.133. The van der Waals surface area contributed by atoms with Gasteiger partial charge in [0.05, 0.1) is 0 Å². The van der Waals surface area contributed by atoms with Crippen molar-refractivity contribution in [2.45, 2.75) is 27.2 Å². The quantitative estimate of drug-likeness (QED) is 0.612. The van der Waals surface area contributed by atoms with Crippen molar-refractivity contribution in [2.24, 2.45) is 5.92 Å². The van der Waals surface area contributed by atoms with Gasteiger partial charge >= 0.3 is 5.97 Å². The van der Waals surface area contributed by atoms with E-state index in [2.05, 4.69) is 0 Å². The Morgan fingerprint density at radius 3 is 2.30 bits per heavy atom. The molecule has 2 heteroatoms. The standard InChI is InChI=1S/C8H14O2/c1-4-6(3)7(5-2)8(9)10/h5-6H,4H2,1-3H3,(H,9,10). The van der Waals surface area contributed by atoms with Gasteiger partial charge in [0.25, 0.3) is 0 Å². The highest BCUT2D eigenvalue weighted by molar-refractivity contribution is 5.86. The van der Waals surface area contributed by atoms with Gasteiger partial charge in [0.1, 0.15) is 0 Å². The Hall–Kier alpha value is -0.790. The molecule has 1 atom stereocenters. The number of aliphatic carboxylic acids is 1. The molecule has 0 aromatic carbocycles. The van der Waals surface area contributed by atoms with Crippen LogP contribution in [0.25, 0.3) is 0 Å². The summed E-state index contributed by atoms with van der Waals surface area (Å²) in [6.07, 6.45) is 2.54. The maximum atomic E-state index is 10.5. The average Bonchev–Trinajstić information content (AvgIpc) is 1.88. The summed E-state index contributed by atoms with van der Waals surface area (Å²) in [5.74, 6) is -0.626. The molecule has 0 saturated carbocycles. The van der Waals surface area contributed by atoms with Crippen LogP contribution in [0.15, 0.2) is 11.6 Å². The van der Waals surface area contributed by atoms with E-state index in [1.807, 2.05) is 13.8 Å². The summed E-state index contributed by atoms with van der Waals surface area (Å²) in [5, 5.41) is 8.61. The van der Waals surface area contributed by atoms with E-state index in [0.29, 0.717) is 5.57 Å². The van der Waals surface area contributed by atoms with Crippen LogP contribution < -0.4 is 0 Å². The van der Waals surface area contributed by atoms with Gasteiger partial charge in [-0.15, -0.1) is 0 Å². The van der Waals surface area contributed by atoms with E-state index >= 15 is 0 Å². The first kappa shape index (κ1) is 9.21. The number of rotatable bonds is 3. The fourth-order valence-corrected chi connectivity index (χ4v) is 0.839. The third kappa shape index (κ3) is 2.21. The normalized spacial score (nSPS) is 14.9. The van der Waals surface area contributed by atoms with Gasteiger partial charge in [-0.3, -0.25) is 0 Å². The first-order chi connectivity index (χ1) is 4.63. The van der Waals surface area contributed by atoms with Crippen molar-refractivity contribution >= 4 is 5.97 Å². The molecule has 0 amide bonds. The maximum Gasteiger partial charge on any atom is 0.331 e. The zero-order valence-corrected chi connectivity index (χ0v) is 6.72. The molecule has 0 aromatic rings. The van der Waals surface area contributed by atoms with Crippen molar-refractivity contribution in [1.29, 1.82) is 0 Å². The van der Waals surface area contributed by atoms with Gasteiger partial charge in [0, 0.05) is 5.57 Å². The lowest BCUT2D eigenvalue weighted by Crippen LogP contribution is -2.08. The number of hydrogen-bond donors (Lipinski definition) is 1. The van der Waals surface area contributed by atoms with Crippen LogP contribution in [-0.4, -0.2) is 11.1 Å². The SMILES string of the molecule is CC=C(C(=O)O)C(C)CC. The Balaban J connectivity index is 4.23. The number of allylic oxidation sites excluding steroid dienone is 1. The number of hydrogen-bond acceptors (Lipinski definition) is 1. The van der Waals surface area contributed by atoms with E-state index in [9.17, 15) is 4.79 Å². The first-order valence-electron chi connectivity index (χ1n) is 3.53. The van der Waals surface area contributed by atoms with E-state index < -0.39 is 5.97 Å². The minimum atomic E-state index is -0.795. The highest BCUT2D eigenvalue weighted by Gasteiger charge is 2.11. The smallest absolute Gasteiger partial charge is 0.331 e. The van der Waals surface area contributed by atoms with Crippen LogP contribution in [-0.2, 0) is 4.79 Å². The molecule has 0 bridgehead atoms. The third-order valence-electron chi connectivity index (χ3n) is 1.70. The second-order valence-electron chi connectivity index (χ2n) is 2.36. The zero-order valence-electron chi connectivity index (χ0n) is 6.72. The Labute approximate surface area is 61.6 Å². The van der Waals surface area contributed by atoms with Crippen LogP contribution in [0.5, 0.6) is 0 Å². The predicted molar refractivity (Wildman–Crippen MR) is 40.8 cm³/mol. The van der Waals surface area contributed by atoms with E-state index in [-0.39, 0.29) is 5.92 Å². The van der Waals surface area contributed by atoms with Gasteiger partial charge < -0.3 is 5.11 Å². The van der Waals surface area contributed by atoms with Gasteiger partial charge in [-0.2, -0.15) is 0 Å². The molecule has 0 aliphatic rings. The van der Waals surface area contributed by atoms with Crippen LogP contribution in [0.3, 0.4) is 0 Å². The Morgan fingerprint density at radius 2 is 2.20 bits per heavy atom. The third-order valence-corrected chi connectivity index (χ3v) is 1.70. The van der Waals surface area contributed by atoms with Crippen molar-refractivity contribution in [3.8, 4) is 0 Å². The lowest BCUT2D eigenvalue weighted by atomic mass is 9.99. The highest BCUT2D eigenvalue weighted by atomic mass is 16.4. The Morgan fingerprint density at radius 1 is 1.70 bits per heavy atom. The van der Waals surface area contributed by atoms with Crippen LogP contribution in [0.1, 0.15) is 27.2 Å². The molecule has 0 aliphatic heterocycles. The van der Waals surface area contributed by atoms with Crippen molar-refractivity contribution < 1.29 is 9.90 Å². The summed E-state index contributed by atoms with van der Waals surface area (Å²) in [5.41, 5.74) is 0.516. The van der Waals surface area contributed by atoms with Crippen molar-refractivity contribution in [2.75, 3.05) is 0 Å². The number of carbonyl (C=O) groups is 1. The van der Waals surface area contributed by atoms with Gasteiger partial charge in [0.15, 0.2) is 0 Å². The largest absolute Gasteiger partial charge is 0.478 e. The highest BCUT2D eigenvalue weighted by Crippen LogP contribution is 2.13. The maximum absolute atomic E-state index is 10.5. The van der Waals surface area contributed by atoms with E-state index in [1.165, 1.54) is 0 Å². The van der Waals surface area contributed by atoms with Crippen LogP contribution in [0.2, 0.25) is 0 Å². The first-order valence-corrected chi connectivity index (χ1v) is 3.53. The predicted octanol–water partition coefficient (Wildman–Crippen LogP) is 2.06. The topological polar surface area (TPSA) is 37.3 Å². The molecular weight excluding hydrogens is 128 g/mol. The molecule has 58 valence electrons. The van der Waals surface area contributed by atoms with E-state index in [4.69, 9.17) is 5.11 Å². The molecule has 1 N–H and O–H groups in total. The molecule has 0 heterocycles. The fraction of sp³-hybridized carbons (Fsp3) is 0.625. The number of carboxylic acids is 1. The van der Waals surface area contributed by atoms with Gasteiger partial charge in [-0.25, -0.2) is 4.79 Å². The van der Waals surface area contributed by atoms with Crippen molar-refractivity contribution in [3.05, 3.63) is 11.6 Å². The molecule has 0 rings (SSSR count). The van der Waals surface area contributed by atoms with Gasteiger partial charge in [-0.05, 0) is 19.3 Å². The zero-order chi connectivity index (χ0) is 8.15. The molecule has 1 unspecified atom stereocenters. The summed E-state index contributed by atoms with van der Waals surface area (Å²) in [7, 11) is 0. The minimum Gasteiger partial charge on any atom is -0.478 e. The molecule has 0 spiro atoms. The summed E-state index contributed by atoms with van der Waals surface area (Å²) >= 11 is 0. The molecular formula is C8H14O2. The van der Waals surface area contributed by atoms with Gasteiger partial charge in [0.2, 0.25) is 0 Å². The van der Waals surface area contributed by atoms with Crippen molar-refractivity contribution in [1.82, 2.24) is 0 Å². The Kier molecular flexibility index (Phi) is 3.77. The van der Waals surface area contributed by atoms with Crippen LogP contribution >= 0.6 is 0 Å². The molecule has 0 radical (unpaired) electrons. The van der Waals surface area contributed by atoms with Crippen LogP contribution in [0.4, 0.5) is 0 Å². The van der Waals surface area contributed by atoms with Crippen LogP contribution in [0, 0.1) is 5.92 Å². The molecule has 0 saturated heterocycles. The average molecular weight is 142 g/mol. The molecule has 10 heavy (non-hydrogen) atoms. The van der Waals surface area contributed by atoms with E-state index in [1.54, 1.807) is 13.0 Å². The summed E-state index contributed by atoms with van der Waals surface area (Å²) < 4.78 is 0. The molecule has 0 aliphatic carbocycles. The van der Waals surface area contributed by atoms with Gasteiger partial charge in [-0.1, -0.05) is 19.9 Å². The number of carboxylic acid groups (broad SMARTS) is 1. The summed E-state index contributed by atoms with van der Waals surface area (Å²) in [4.78, 5) is 10.5. The van der Waals surface area contributed by atoms with E-state index in [0.717, 1.165) is 6.42 Å². The second kappa shape index (κ2) is 4.09. The summed E-state index contributed by atoms with van der Waals surface area (Å²) in [6.45, 7) is 5.66. The molecule has 2 nitrogen and oxygen atoms in total. The molecule has 0 aromatic heterocycles. The minimum absolute atomic E-state index is 0.169. The molecule has 0 fully saturated rings. The second-order valence-corrected chi connectivity index (χ2v) is 2.36. The Bertz CT molecular complexity index is 147. The summed E-state index contributed by atoms with van der Waals surface area (Å²) in [6, 6.07) is 0.